The van der Waals surface area contributed by atoms with Gasteiger partial charge in [0, 0.05) is 16.9 Å². The van der Waals surface area contributed by atoms with E-state index in [1.165, 1.54) is 32.1 Å². The Balaban J connectivity index is 2.09. The number of hydrogen-bond donors (Lipinski definition) is 0. The van der Waals surface area contributed by atoms with E-state index in [9.17, 15) is 0 Å². The summed E-state index contributed by atoms with van der Waals surface area (Å²) in [6.45, 7) is 17.5. The van der Waals surface area contributed by atoms with E-state index in [0.29, 0.717) is 5.92 Å². The average Bonchev–Trinajstić information content (AvgIpc) is 3.19. The number of aromatic nitrogens is 3. The van der Waals surface area contributed by atoms with Crippen molar-refractivity contribution in [1.29, 1.82) is 0 Å². The summed E-state index contributed by atoms with van der Waals surface area (Å²) in [5.74, 6) is 2.50. The molecule has 27 heavy (non-hydrogen) atoms. The molecule has 1 atom stereocenters. The standard InChI is InChI=1S/C23H29N3S/c1-8-14(3)19-10-12-20(13-11-19)16(5)22-15(4)17(6)27-23(22)26-18(7)24-25-21(26)9-2/h10-14H,5,8-9H2,1-4,6-7H3. The largest absolute Gasteiger partial charge is 0.273 e. The third-order valence-electron chi connectivity index (χ3n) is 5.52. The topological polar surface area (TPSA) is 30.7 Å². The molecule has 0 radical (unpaired) electrons. The maximum Gasteiger partial charge on any atom is 0.137 e. The quantitative estimate of drug-likeness (QED) is 0.497. The Labute approximate surface area is 166 Å². The lowest BCUT2D eigenvalue weighted by Gasteiger charge is -2.14. The normalized spacial score (nSPS) is 12.4. The first-order valence-electron chi connectivity index (χ1n) is 9.69. The number of thiophene rings is 1. The van der Waals surface area contributed by atoms with Crippen molar-refractivity contribution >= 4 is 16.9 Å². The van der Waals surface area contributed by atoms with E-state index in [1.807, 2.05) is 6.92 Å². The zero-order valence-corrected chi connectivity index (χ0v) is 18.1. The molecule has 2 aromatic heterocycles. The van der Waals surface area contributed by atoms with Gasteiger partial charge in [-0.1, -0.05) is 51.6 Å². The molecule has 0 bridgehead atoms. The van der Waals surface area contributed by atoms with Gasteiger partial charge in [0.1, 0.15) is 16.6 Å². The number of nitrogens with zero attached hydrogens (tertiary/aromatic N) is 3. The minimum atomic E-state index is 0.583. The van der Waals surface area contributed by atoms with Gasteiger partial charge in [0.2, 0.25) is 0 Å². The van der Waals surface area contributed by atoms with E-state index in [-0.39, 0.29) is 0 Å². The molecule has 0 aliphatic heterocycles. The highest BCUT2D eigenvalue weighted by atomic mass is 32.1. The summed E-state index contributed by atoms with van der Waals surface area (Å²) in [5, 5.41) is 9.84. The van der Waals surface area contributed by atoms with Gasteiger partial charge in [-0.05, 0) is 55.4 Å². The fraction of sp³-hybridized carbons (Fsp3) is 0.391. The monoisotopic (exact) mass is 379 g/mol. The predicted octanol–water partition coefficient (Wildman–Crippen LogP) is 6.39. The van der Waals surface area contributed by atoms with Gasteiger partial charge in [-0.25, -0.2) is 0 Å². The molecule has 4 heteroatoms. The van der Waals surface area contributed by atoms with Crippen molar-refractivity contribution in [3.05, 3.63) is 69.6 Å². The Morgan fingerprint density at radius 2 is 1.78 bits per heavy atom. The maximum atomic E-state index is 4.47. The highest BCUT2D eigenvalue weighted by molar-refractivity contribution is 7.15. The molecule has 0 N–H and O–H groups in total. The van der Waals surface area contributed by atoms with Crippen LogP contribution in [0.2, 0.25) is 0 Å². The summed E-state index contributed by atoms with van der Waals surface area (Å²) in [6, 6.07) is 8.90. The van der Waals surface area contributed by atoms with Crippen LogP contribution in [0.4, 0.5) is 0 Å². The molecule has 0 aliphatic carbocycles. The van der Waals surface area contributed by atoms with Crippen LogP contribution in [0.5, 0.6) is 0 Å². The van der Waals surface area contributed by atoms with E-state index in [2.05, 4.69) is 80.2 Å². The van der Waals surface area contributed by atoms with Crippen molar-refractivity contribution in [2.75, 3.05) is 0 Å². The van der Waals surface area contributed by atoms with Crippen LogP contribution in [0.3, 0.4) is 0 Å². The summed E-state index contributed by atoms with van der Waals surface area (Å²) in [7, 11) is 0. The van der Waals surface area contributed by atoms with Crippen molar-refractivity contribution in [1.82, 2.24) is 14.8 Å². The van der Waals surface area contributed by atoms with Crippen LogP contribution >= 0.6 is 11.3 Å². The van der Waals surface area contributed by atoms with Crippen molar-refractivity contribution < 1.29 is 0 Å². The molecule has 3 aromatic rings. The molecule has 142 valence electrons. The summed E-state index contributed by atoms with van der Waals surface area (Å²) in [6.07, 6.45) is 2.01. The number of aryl methyl sites for hydroxylation is 3. The molecule has 1 aromatic carbocycles. The molecule has 3 nitrogen and oxygen atoms in total. The zero-order valence-electron chi connectivity index (χ0n) is 17.3. The first kappa shape index (κ1) is 19.6. The van der Waals surface area contributed by atoms with Gasteiger partial charge >= 0.3 is 0 Å². The van der Waals surface area contributed by atoms with E-state index >= 15 is 0 Å². The average molecular weight is 380 g/mol. The summed E-state index contributed by atoms with van der Waals surface area (Å²) >= 11 is 1.80. The first-order valence-corrected chi connectivity index (χ1v) is 10.5. The minimum absolute atomic E-state index is 0.583. The van der Waals surface area contributed by atoms with Crippen LogP contribution in [-0.4, -0.2) is 14.8 Å². The van der Waals surface area contributed by atoms with Crippen LogP contribution in [0, 0.1) is 20.8 Å². The highest BCUT2D eigenvalue weighted by Gasteiger charge is 2.21. The molecule has 2 heterocycles. The molecular formula is C23H29N3S. The molecule has 0 amide bonds. The second-order valence-electron chi connectivity index (χ2n) is 7.23. The third kappa shape index (κ3) is 3.51. The van der Waals surface area contributed by atoms with Crippen LogP contribution < -0.4 is 0 Å². The fourth-order valence-corrected chi connectivity index (χ4v) is 4.67. The molecule has 0 saturated heterocycles. The van der Waals surface area contributed by atoms with Gasteiger partial charge in [0.25, 0.3) is 0 Å². The second kappa shape index (κ2) is 7.81. The van der Waals surface area contributed by atoms with E-state index in [4.69, 9.17) is 0 Å². The molecule has 3 rings (SSSR count). The lowest BCUT2D eigenvalue weighted by atomic mass is 9.93. The summed E-state index contributed by atoms with van der Waals surface area (Å²) in [5.41, 5.74) is 6.13. The minimum Gasteiger partial charge on any atom is -0.273 e. The van der Waals surface area contributed by atoms with E-state index in [1.54, 1.807) is 11.3 Å². The SMILES string of the molecule is C=C(c1ccc(C(C)CC)cc1)c1c(-n2c(C)nnc2CC)sc(C)c1C. The zero-order chi connectivity index (χ0) is 19.7. The lowest BCUT2D eigenvalue weighted by molar-refractivity contribution is 0.733. The predicted molar refractivity (Wildman–Crippen MR) is 116 cm³/mol. The van der Waals surface area contributed by atoms with Crippen molar-refractivity contribution in [2.45, 2.75) is 60.3 Å². The van der Waals surface area contributed by atoms with Crippen LogP contribution in [-0.2, 0) is 6.42 Å². The van der Waals surface area contributed by atoms with Crippen molar-refractivity contribution in [3.63, 3.8) is 0 Å². The molecule has 0 spiro atoms. The van der Waals surface area contributed by atoms with E-state index < -0.39 is 0 Å². The number of benzene rings is 1. The Hall–Kier alpha value is -2.20. The number of rotatable bonds is 6. The lowest BCUT2D eigenvalue weighted by Crippen LogP contribution is -2.03. The smallest absolute Gasteiger partial charge is 0.137 e. The van der Waals surface area contributed by atoms with E-state index in [0.717, 1.165) is 30.1 Å². The van der Waals surface area contributed by atoms with Gasteiger partial charge in [-0.15, -0.1) is 21.5 Å². The molecule has 0 aliphatic rings. The highest BCUT2D eigenvalue weighted by Crippen LogP contribution is 2.39. The van der Waals surface area contributed by atoms with Gasteiger partial charge < -0.3 is 0 Å². The van der Waals surface area contributed by atoms with Crippen molar-refractivity contribution in [3.8, 4) is 5.00 Å². The Morgan fingerprint density at radius 1 is 1.11 bits per heavy atom. The molecular weight excluding hydrogens is 350 g/mol. The fourth-order valence-electron chi connectivity index (χ4n) is 3.41. The van der Waals surface area contributed by atoms with Gasteiger partial charge in [-0.2, -0.15) is 0 Å². The maximum absolute atomic E-state index is 4.47. The Kier molecular flexibility index (Phi) is 5.66. The van der Waals surface area contributed by atoms with Crippen molar-refractivity contribution in [2.24, 2.45) is 0 Å². The molecule has 1 unspecified atom stereocenters. The van der Waals surface area contributed by atoms with Gasteiger partial charge in [0.15, 0.2) is 0 Å². The second-order valence-corrected chi connectivity index (χ2v) is 8.43. The first-order chi connectivity index (χ1) is 12.9. The van der Waals surface area contributed by atoms with Gasteiger partial charge in [-0.3, -0.25) is 4.57 Å². The van der Waals surface area contributed by atoms with Crippen LogP contribution in [0.15, 0.2) is 30.8 Å². The molecule has 0 fully saturated rings. The third-order valence-corrected chi connectivity index (χ3v) is 6.71. The van der Waals surface area contributed by atoms with Crippen LogP contribution in [0.25, 0.3) is 10.6 Å². The van der Waals surface area contributed by atoms with Gasteiger partial charge in [0.05, 0.1) is 0 Å². The Bertz CT molecular complexity index is 960. The summed E-state index contributed by atoms with van der Waals surface area (Å²) < 4.78 is 2.19. The molecule has 0 saturated carbocycles. The van der Waals surface area contributed by atoms with Crippen LogP contribution in [0.1, 0.15) is 71.9 Å². The number of hydrogen-bond acceptors (Lipinski definition) is 3. The summed E-state index contributed by atoms with van der Waals surface area (Å²) in [4.78, 5) is 1.31. The Morgan fingerprint density at radius 3 is 2.37 bits per heavy atom.